The van der Waals surface area contributed by atoms with E-state index in [1.807, 2.05) is 20.8 Å². The van der Waals surface area contributed by atoms with Crippen LogP contribution in [0.4, 0.5) is 0 Å². The van der Waals surface area contributed by atoms with E-state index in [2.05, 4.69) is 6.58 Å². The Morgan fingerprint density at radius 1 is 1.35 bits per heavy atom. The van der Waals surface area contributed by atoms with Crippen LogP contribution in [0.3, 0.4) is 0 Å². The molecule has 0 bridgehead atoms. The molecule has 0 radical (unpaired) electrons. The monoisotopic (exact) mass is 288 g/mol. The van der Waals surface area contributed by atoms with E-state index in [0.717, 1.165) is 18.4 Å². The standard InChI is InChI=1S/C15H28O5/c1-11(2)6-7-13-14(20-15(3,4)19-13)8-12(9-16)18-10-17-5/h12-14,16H,1,6-10H2,2-5H3/t12-,13+,14-/m0/s1. The first-order valence-corrected chi connectivity index (χ1v) is 7.09. The minimum atomic E-state index is -0.592. The van der Waals surface area contributed by atoms with E-state index >= 15 is 0 Å². The zero-order chi connectivity index (χ0) is 15.2. The van der Waals surface area contributed by atoms with Gasteiger partial charge in [0.15, 0.2) is 5.79 Å². The van der Waals surface area contributed by atoms with E-state index in [1.54, 1.807) is 7.11 Å². The van der Waals surface area contributed by atoms with Crippen molar-refractivity contribution in [2.24, 2.45) is 0 Å². The molecular formula is C15H28O5. The summed E-state index contributed by atoms with van der Waals surface area (Å²) in [6.07, 6.45) is 1.98. The van der Waals surface area contributed by atoms with Crippen molar-refractivity contribution in [1.82, 2.24) is 0 Å². The second kappa shape index (κ2) is 8.10. The van der Waals surface area contributed by atoms with Crippen molar-refractivity contribution in [3.8, 4) is 0 Å². The third kappa shape index (κ3) is 5.89. The van der Waals surface area contributed by atoms with E-state index in [1.165, 1.54) is 0 Å². The zero-order valence-electron chi connectivity index (χ0n) is 13.1. The molecule has 1 aliphatic rings. The van der Waals surface area contributed by atoms with Crippen LogP contribution in [0, 0.1) is 0 Å². The molecule has 5 nitrogen and oxygen atoms in total. The van der Waals surface area contributed by atoms with Crippen LogP contribution in [-0.2, 0) is 18.9 Å². The first-order chi connectivity index (χ1) is 9.38. The first kappa shape index (κ1) is 17.6. The average molecular weight is 288 g/mol. The Morgan fingerprint density at radius 3 is 2.55 bits per heavy atom. The number of methoxy groups -OCH3 is 1. The SMILES string of the molecule is C=C(C)CC[C@H]1OC(C)(C)O[C@H]1C[C@@H](CO)OCOC. The first-order valence-electron chi connectivity index (χ1n) is 7.09. The summed E-state index contributed by atoms with van der Waals surface area (Å²) in [5.41, 5.74) is 1.13. The van der Waals surface area contributed by atoms with Crippen molar-refractivity contribution >= 4 is 0 Å². The quantitative estimate of drug-likeness (QED) is 0.521. The van der Waals surface area contributed by atoms with Crippen molar-refractivity contribution < 1.29 is 24.1 Å². The van der Waals surface area contributed by atoms with Gasteiger partial charge in [-0.05, 0) is 33.6 Å². The third-order valence-corrected chi connectivity index (χ3v) is 3.26. The molecule has 0 aliphatic carbocycles. The van der Waals surface area contributed by atoms with Gasteiger partial charge in [0.2, 0.25) is 0 Å². The summed E-state index contributed by atoms with van der Waals surface area (Å²) in [6.45, 7) is 9.85. The zero-order valence-corrected chi connectivity index (χ0v) is 13.1. The molecule has 0 aromatic rings. The maximum atomic E-state index is 9.36. The molecule has 20 heavy (non-hydrogen) atoms. The maximum Gasteiger partial charge on any atom is 0.163 e. The summed E-state index contributed by atoms with van der Waals surface area (Å²) in [7, 11) is 1.56. The molecule has 1 heterocycles. The Balaban J connectivity index is 2.56. The second-order valence-corrected chi connectivity index (χ2v) is 5.82. The highest BCUT2D eigenvalue weighted by Gasteiger charge is 2.41. The Hall–Kier alpha value is -0.460. The molecule has 1 fully saturated rings. The van der Waals surface area contributed by atoms with E-state index in [4.69, 9.17) is 18.9 Å². The van der Waals surface area contributed by atoms with Gasteiger partial charge in [-0.15, -0.1) is 6.58 Å². The lowest BCUT2D eigenvalue weighted by Gasteiger charge is -2.22. The Bertz CT molecular complexity index is 303. The molecule has 1 aliphatic heterocycles. The average Bonchev–Trinajstić information content (AvgIpc) is 2.66. The Kier molecular flexibility index (Phi) is 7.12. The van der Waals surface area contributed by atoms with Crippen LogP contribution >= 0.6 is 0 Å². The molecule has 1 saturated heterocycles. The van der Waals surface area contributed by atoms with Crippen molar-refractivity contribution in [2.75, 3.05) is 20.5 Å². The van der Waals surface area contributed by atoms with Crippen molar-refractivity contribution in [2.45, 2.75) is 64.1 Å². The lowest BCUT2D eigenvalue weighted by Crippen LogP contribution is -2.31. The molecule has 5 heteroatoms. The maximum absolute atomic E-state index is 9.36. The lowest BCUT2D eigenvalue weighted by atomic mass is 10.0. The van der Waals surface area contributed by atoms with Crippen LogP contribution in [-0.4, -0.2) is 49.7 Å². The molecule has 0 aromatic carbocycles. The van der Waals surface area contributed by atoms with Crippen LogP contribution < -0.4 is 0 Å². The highest BCUT2D eigenvalue weighted by molar-refractivity contribution is 4.92. The summed E-state index contributed by atoms with van der Waals surface area (Å²) in [4.78, 5) is 0. The van der Waals surface area contributed by atoms with Gasteiger partial charge in [0.1, 0.15) is 6.79 Å². The number of hydrogen-bond donors (Lipinski definition) is 1. The van der Waals surface area contributed by atoms with Crippen LogP contribution in [0.5, 0.6) is 0 Å². The molecule has 0 saturated carbocycles. The summed E-state index contributed by atoms with van der Waals surface area (Å²) in [5, 5.41) is 9.36. The minimum absolute atomic E-state index is 0.00175. The van der Waals surface area contributed by atoms with E-state index in [0.29, 0.717) is 6.42 Å². The predicted octanol–water partition coefficient (Wildman–Crippen LogP) is 2.23. The van der Waals surface area contributed by atoms with Crippen molar-refractivity contribution in [1.29, 1.82) is 0 Å². The van der Waals surface area contributed by atoms with Gasteiger partial charge in [-0.3, -0.25) is 0 Å². The van der Waals surface area contributed by atoms with Crippen molar-refractivity contribution in [3.05, 3.63) is 12.2 Å². The third-order valence-electron chi connectivity index (χ3n) is 3.26. The van der Waals surface area contributed by atoms with E-state index in [-0.39, 0.29) is 31.7 Å². The Morgan fingerprint density at radius 2 is 2.00 bits per heavy atom. The number of ether oxygens (including phenoxy) is 4. The molecule has 0 unspecified atom stereocenters. The molecule has 0 spiro atoms. The number of aliphatic hydroxyl groups is 1. The van der Waals surface area contributed by atoms with E-state index in [9.17, 15) is 5.11 Å². The van der Waals surface area contributed by atoms with Gasteiger partial charge in [-0.25, -0.2) is 0 Å². The predicted molar refractivity (Wildman–Crippen MR) is 76.3 cm³/mol. The van der Waals surface area contributed by atoms with Gasteiger partial charge < -0.3 is 24.1 Å². The van der Waals surface area contributed by atoms with Crippen LogP contribution in [0.25, 0.3) is 0 Å². The summed E-state index contributed by atoms with van der Waals surface area (Å²) < 4.78 is 22.1. The van der Waals surface area contributed by atoms with Gasteiger partial charge in [-0.1, -0.05) is 5.57 Å². The number of aliphatic hydroxyl groups excluding tert-OH is 1. The fraction of sp³-hybridized carbons (Fsp3) is 0.867. The summed E-state index contributed by atoms with van der Waals surface area (Å²) in [6, 6.07) is 0. The highest BCUT2D eigenvalue weighted by Crippen LogP contribution is 2.33. The highest BCUT2D eigenvalue weighted by atomic mass is 16.8. The largest absolute Gasteiger partial charge is 0.394 e. The van der Waals surface area contributed by atoms with Gasteiger partial charge >= 0.3 is 0 Å². The van der Waals surface area contributed by atoms with Gasteiger partial charge in [-0.2, -0.15) is 0 Å². The number of allylic oxidation sites excluding steroid dienone is 1. The van der Waals surface area contributed by atoms with Crippen LogP contribution in [0.1, 0.15) is 40.0 Å². The number of rotatable bonds is 9. The topological polar surface area (TPSA) is 57.2 Å². The molecule has 1 rings (SSSR count). The molecule has 0 aromatic heterocycles. The second-order valence-electron chi connectivity index (χ2n) is 5.82. The van der Waals surface area contributed by atoms with E-state index < -0.39 is 5.79 Å². The summed E-state index contributed by atoms with van der Waals surface area (Å²) >= 11 is 0. The van der Waals surface area contributed by atoms with Crippen molar-refractivity contribution in [3.63, 3.8) is 0 Å². The Labute approximate surface area is 121 Å². The molecule has 118 valence electrons. The fourth-order valence-electron chi connectivity index (χ4n) is 2.36. The van der Waals surface area contributed by atoms with Gasteiger partial charge in [0.05, 0.1) is 24.9 Å². The van der Waals surface area contributed by atoms with Gasteiger partial charge in [0, 0.05) is 13.5 Å². The smallest absolute Gasteiger partial charge is 0.163 e. The molecular weight excluding hydrogens is 260 g/mol. The minimum Gasteiger partial charge on any atom is -0.394 e. The molecule has 0 amide bonds. The number of hydrogen-bond acceptors (Lipinski definition) is 5. The lowest BCUT2D eigenvalue weighted by molar-refractivity contribution is -0.153. The van der Waals surface area contributed by atoms with Gasteiger partial charge in [0.25, 0.3) is 0 Å². The molecule has 1 N–H and O–H groups in total. The normalized spacial score (nSPS) is 26.6. The van der Waals surface area contributed by atoms with Crippen LogP contribution in [0.15, 0.2) is 12.2 Å². The molecule has 3 atom stereocenters. The summed E-state index contributed by atoms with van der Waals surface area (Å²) in [5.74, 6) is -0.592. The fourth-order valence-corrected chi connectivity index (χ4v) is 2.36. The van der Waals surface area contributed by atoms with Crippen LogP contribution in [0.2, 0.25) is 0 Å².